The molecule has 0 fully saturated rings. The topological polar surface area (TPSA) is 122 Å². The molecule has 1 amide bonds. The van der Waals surface area contributed by atoms with Crippen LogP contribution in [0.3, 0.4) is 0 Å². The fraction of sp³-hybridized carbons (Fsp3) is 0.533. The third-order valence-corrected chi connectivity index (χ3v) is 3.96. The molecule has 1 aromatic rings. The van der Waals surface area contributed by atoms with E-state index in [9.17, 15) is 25.0 Å². The minimum Gasteiger partial charge on any atom is -0.363 e. The van der Waals surface area contributed by atoms with Crippen LogP contribution in [-0.4, -0.2) is 72.7 Å². The van der Waals surface area contributed by atoms with Gasteiger partial charge in [0.2, 0.25) is 0 Å². The van der Waals surface area contributed by atoms with Gasteiger partial charge >= 0.3 is 0 Å². The van der Waals surface area contributed by atoms with Crippen LogP contribution < -0.4 is 10.2 Å². The lowest BCUT2D eigenvalue weighted by Crippen LogP contribution is -2.32. The summed E-state index contributed by atoms with van der Waals surface area (Å²) in [6.07, 6.45) is 0. The number of carbonyl (C=O) groups is 1. The molecular weight excluding hydrogens is 401 g/mol. The number of likely N-dealkylation sites (N-methyl/N-ethyl adjacent to an activating group) is 1. The van der Waals surface area contributed by atoms with E-state index in [0.29, 0.717) is 6.54 Å². The van der Waals surface area contributed by atoms with Gasteiger partial charge in [0, 0.05) is 50.1 Å². The number of nitro benzene ring substituents is 2. The number of anilines is 1. The van der Waals surface area contributed by atoms with E-state index in [4.69, 9.17) is 23.2 Å². The van der Waals surface area contributed by atoms with Gasteiger partial charge in [-0.05, 0) is 14.1 Å². The number of alkyl halides is 2. The van der Waals surface area contributed by atoms with Crippen molar-refractivity contribution in [3.63, 3.8) is 0 Å². The second kappa shape index (κ2) is 10.9. The van der Waals surface area contributed by atoms with E-state index in [1.807, 2.05) is 4.90 Å². The predicted molar refractivity (Wildman–Crippen MR) is 104 cm³/mol. The van der Waals surface area contributed by atoms with Crippen LogP contribution in [0.1, 0.15) is 10.4 Å². The molecule has 10 nitrogen and oxygen atoms in total. The zero-order chi connectivity index (χ0) is 20.6. The number of nitrogens with zero attached hydrogens (tertiary/aromatic N) is 4. The first-order chi connectivity index (χ1) is 12.7. The van der Waals surface area contributed by atoms with Crippen molar-refractivity contribution in [3.05, 3.63) is 37.9 Å². The lowest BCUT2D eigenvalue weighted by Gasteiger charge is -2.22. The number of amides is 1. The van der Waals surface area contributed by atoms with Crippen LogP contribution in [0.25, 0.3) is 0 Å². The maximum atomic E-state index is 12.3. The van der Waals surface area contributed by atoms with E-state index in [0.717, 1.165) is 12.1 Å². The van der Waals surface area contributed by atoms with Crippen LogP contribution in [0.4, 0.5) is 17.1 Å². The van der Waals surface area contributed by atoms with Crippen molar-refractivity contribution >= 4 is 46.2 Å². The van der Waals surface area contributed by atoms with Gasteiger partial charge in [0.15, 0.2) is 0 Å². The zero-order valence-electron chi connectivity index (χ0n) is 15.0. The Morgan fingerprint density at radius 2 is 1.59 bits per heavy atom. The van der Waals surface area contributed by atoms with E-state index in [2.05, 4.69) is 5.32 Å². The fourth-order valence-electron chi connectivity index (χ4n) is 2.34. The van der Waals surface area contributed by atoms with E-state index < -0.39 is 27.1 Å². The molecule has 0 unspecified atom stereocenters. The lowest BCUT2D eigenvalue weighted by atomic mass is 10.1. The van der Waals surface area contributed by atoms with E-state index in [-0.39, 0.29) is 42.6 Å². The van der Waals surface area contributed by atoms with Crippen molar-refractivity contribution < 1.29 is 14.6 Å². The molecular formula is C15H21Cl2N5O5. The third-order valence-electron chi connectivity index (χ3n) is 3.63. The standard InChI is InChI=1S/C15H21Cl2N5O5/c1-19(2)8-5-18-15(23)11-9-14(22(26)27)13(10-12(11)21(24)25)20(6-3-16)7-4-17/h9-10H,3-8H2,1-2H3,(H,18,23). The molecule has 0 radical (unpaired) electrons. The monoisotopic (exact) mass is 421 g/mol. The molecule has 0 saturated carbocycles. The third kappa shape index (κ3) is 6.49. The molecule has 0 bridgehead atoms. The van der Waals surface area contributed by atoms with Crippen LogP contribution in [0.2, 0.25) is 0 Å². The molecule has 150 valence electrons. The molecule has 0 spiro atoms. The van der Waals surface area contributed by atoms with Crippen molar-refractivity contribution in [2.24, 2.45) is 0 Å². The zero-order valence-corrected chi connectivity index (χ0v) is 16.5. The van der Waals surface area contributed by atoms with Crippen molar-refractivity contribution in [2.45, 2.75) is 0 Å². The van der Waals surface area contributed by atoms with Crippen molar-refractivity contribution in [1.82, 2.24) is 10.2 Å². The van der Waals surface area contributed by atoms with Crippen molar-refractivity contribution in [3.8, 4) is 0 Å². The second-order valence-electron chi connectivity index (χ2n) is 5.80. The molecule has 0 heterocycles. The molecule has 1 N–H and O–H groups in total. The summed E-state index contributed by atoms with van der Waals surface area (Å²) in [4.78, 5) is 37.2. The Kier molecular flexibility index (Phi) is 9.19. The normalized spacial score (nSPS) is 10.7. The number of carbonyl (C=O) groups excluding carboxylic acids is 1. The van der Waals surface area contributed by atoms with Crippen molar-refractivity contribution in [1.29, 1.82) is 0 Å². The minimum atomic E-state index is -0.751. The summed E-state index contributed by atoms with van der Waals surface area (Å²) in [5.74, 6) is -0.456. The average molecular weight is 422 g/mol. The summed E-state index contributed by atoms with van der Waals surface area (Å²) in [7, 11) is 3.60. The summed E-state index contributed by atoms with van der Waals surface area (Å²) in [5.41, 5.74) is -1.32. The number of hydrogen-bond donors (Lipinski definition) is 1. The molecule has 12 heteroatoms. The first kappa shape index (κ1) is 22.9. The first-order valence-electron chi connectivity index (χ1n) is 7.99. The van der Waals surface area contributed by atoms with Crippen LogP contribution in [0.15, 0.2) is 12.1 Å². The highest BCUT2D eigenvalue weighted by molar-refractivity contribution is 6.18. The predicted octanol–water partition coefficient (Wildman–Crippen LogP) is 2.08. The molecule has 0 aliphatic heterocycles. The number of halogens is 2. The Balaban J connectivity index is 3.40. The summed E-state index contributed by atoms with van der Waals surface area (Å²) < 4.78 is 0. The second-order valence-corrected chi connectivity index (χ2v) is 6.55. The van der Waals surface area contributed by atoms with Crippen LogP contribution in [-0.2, 0) is 0 Å². The minimum absolute atomic E-state index is 0.00200. The number of rotatable bonds is 11. The maximum Gasteiger partial charge on any atom is 0.293 e. The molecule has 0 saturated heterocycles. The smallest absolute Gasteiger partial charge is 0.293 e. The molecule has 0 aromatic heterocycles. The van der Waals surface area contributed by atoms with Gasteiger partial charge in [-0.15, -0.1) is 23.2 Å². The largest absolute Gasteiger partial charge is 0.363 e. The quantitative estimate of drug-likeness (QED) is 0.329. The van der Waals surface area contributed by atoms with Gasteiger partial charge in [-0.3, -0.25) is 25.0 Å². The summed E-state index contributed by atoms with van der Waals surface area (Å²) >= 11 is 11.4. The highest BCUT2D eigenvalue weighted by Gasteiger charge is 2.30. The van der Waals surface area contributed by atoms with Crippen LogP contribution >= 0.6 is 23.2 Å². The van der Waals surface area contributed by atoms with Gasteiger partial charge < -0.3 is 15.1 Å². The highest BCUT2D eigenvalue weighted by atomic mass is 35.5. The number of benzene rings is 1. The van der Waals surface area contributed by atoms with Gasteiger partial charge in [0.1, 0.15) is 11.3 Å². The number of nitrogens with one attached hydrogen (secondary N) is 1. The Hall–Kier alpha value is -2.17. The molecule has 0 atom stereocenters. The van der Waals surface area contributed by atoms with Gasteiger partial charge in [0.25, 0.3) is 17.3 Å². The number of nitro groups is 2. The van der Waals surface area contributed by atoms with Gasteiger partial charge in [-0.2, -0.15) is 0 Å². The average Bonchev–Trinajstić information content (AvgIpc) is 2.59. The number of hydrogen-bond acceptors (Lipinski definition) is 7. The van der Waals surface area contributed by atoms with Crippen LogP contribution in [0.5, 0.6) is 0 Å². The van der Waals surface area contributed by atoms with Gasteiger partial charge in [-0.1, -0.05) is 0 Å². The lowest BCUT2D eigenvalue weighted by molar-refractivity contribution is -0.388. The maximum absolute atomic E-state index is 12.3. The highest BCUT2D eigenvalue weighted by Crippen LogP contribution is 2.35. The molecule has 0 aliphatic rings. The first-order valence-corrected chi connectivity index (χ1v) is 9.06. The van der Waals surface area contributed by atoms with Crippen LogP contribution in [0, 0.1) is 20.2 Å². The summed E-state index contributed by atoms with van der Waals surface area (Å²) in [6.45, 7) is 1.17. The Labute approximate surface area is 166 Å². The Bertz CT molecular complexity index is 695. The van der Waals surface area contributed by atoms with E-state index >= 15 is 0 Å². The van der Waals surface area contributed by atoms with E-state index in [1.54, 1.807) is 14.1 Å². The SMILES string of the molecule is CN(C)CCNC(=O)c1cc([N+](=O)[O-])c(N(CCCl)CCCl)cc1[N+](=O)[O-]. The summed E-state index contributed by atoms with van der Waals surface area (Å²) in [5, 5.41) is 25.5. The van der Waals surface area contributed by atoms with Gasteiger partial charge in [0.05, 0.1) is 9.85 Å². The molecule has 27 heavy (non-hydrogen) atoms. The molecule has 1 aromatic carbocycles. The summed E-state index contributed by atoms with van der Waals surface area (Å²) in [6, 6.07) is 1.95. The Morgan fingerprint density at radius 1 is 1.04 bits per heavy atom. The molecule has 0 aliphatic carbocycles. The van der Waals surface area contributed by atoms with Gasteiger partial charge in [-0.25, -0.2) is 0 Å². The van der Waals surface area contributed by atoms with E-state index in [1.165, 1.54) is 4.90 Å². The Morgan fingerprint density at radius 3 is 2.04 bits per heavy atom. The molecule has 1 rings (SSSR count). The fourth-order valence-corrected chi connectivity index (χ4v) is 2.75. The van der Waals surface area contributed by atoms with Crippen molar-refractivity contribution in [2.75, 3.05) is 56.9 Å².